The van der Waals surface area contributed by atoms with Gasteiger partial charge in [-0.2, -0.15) is 0 Å². The van der Waals surface area contributed by atoms with Gasteiger partial charge in [0.2, 0.25) is 0 Å². The molecule has 0 amide bonds. The van der Waals surface area contributed by atoms with Gasteiger partial charge < -0.3 is 4.55 Å². The quantitative estimate of drug-likeness (QED) is 0.434. The van der Waals surface area contributed by atoms with Gasteiger partial charge in [0, 0.05) is 16.2 Å². The van der Waals surface area contributed by atoms with Crippen LogP contribution in [0.4, 0.5) is 0 Å². The van der Waals surface area contributed by atoms with Crippen LogP contribution in [0.1, 0.15) is 0 Å². The zero-order chi connectivity index (χ0) is 17.3. The van der Waals surface area contributed by atoms with E-state index in [0.717, 1.165) is 0 Å². The average Bonchev–Trinajstić information content (AvgIpc) is 2.98. The molecule has 2 heterocycles. The van der Waals surface area contributed by atoms with E-state index in [0.29, 0.717) is 38.2 Å². The first-order valence-electron chi connectivity index (χ1n) is 7.50. The predicted octanol–water partition coefficient (Wildman–Crippen LogP) is 2.50. The van der Waals surface area contributed by atoms with Crippen LogP contribution in [0.25, 0.3) is 38.2 Å². The molecule has 0 aliphatic carbocycles. The highest BCUT2D eigenvalue weighted by Gasteiger charge is 2.17. The maximum absolute atomic E-state index is 13.0. The van der Waals surface area contributed by atoms with Gasteiger partial charge in [0.05, 0.1) is 15.9 Å². The number of hydrogen-bond donors (Lipinski definition) is 0. The Morgan fingerprint density at radius 1 is 0.960 bits per heavy atom. The molecule has 0 spiro atoms. The predicted molar refractivity (Wildman–Crippen MR) is 93.1 cm³/mol. The molecule has 5 aromatic rings. The maximum atomic E-state index is 13.0. The standard InChI is InChI=1S/C18H10N2O4S/c21-18-12-5-3-4-10-8-11(25(22,23)24)9-13(16(10)12)17-19-14-6-1-2-7-15(14)20(17)18/h1-9H,(H,22,23,24)/p-1. The molecule has 0 N–H and O–H groups in total. The molecule has 3 aromatic carbocycles. The molecule has 7 heteroatoms. The largest absolute Gasteiger partial charge is 0.744 e. The van der Waals surface area contributed by atoms with Crippen molar-refractivity contribution in [2.75, 3.05) is 0 Å². The molecular formula is C18H9N2O4S-. The summed E-state index contributed by atoms with van der Waals surface area (Å²) in [5.74, 6) is 0. The first-order chi connectivity index (χ1) is 11.9. The first kappa shape index (κ1) is 14.3. The van der Waals surface area contributed by atoms with E-state index in [1.54, 1.807) is 36.4 Å². The number of fused-ring (bicyclic) bond motifs is 4. The maximum Gasteiger partial charge on any atom is 0.264 e. The second-order valence-electron chi connectivity index (χ2n) is 5.89. The Kier molecular flexibility index (Phi) is 2.60. The molecule has 0 saturated heterocycles. The number of pyridine rings is 1. The Hall–Kier alpha value is -3.03. The number of benzene rings is 3. The Morgan fingerprint density at radius 2 is 1.76 bits per heavy atom. The van der Waals surface area contributed by atoms with Gasteiger partial charge in [-0.1, -0.05) is 24.3 Å². The zero-order valence-electron chi connectivity index (χ0n) is 12.6. The smallest absolute Gasteiger partial charge is 0.264 e. The molecule has 0 aliphatic rings. The van der Waals surface area contributed by atoms with Crippen LogP contribution in [0.5, 0.6) is 0 Å². The first-order valence-corrected chi connectivity index (χ1v) is 8.91. The van der Waals surface area contributed by atoms with E-state index in [1.807, 2.05) is 6.07 Å². The summed E-state index contributed by atoms with van der Waals surface area (Å²) in [6, 6.07) is 14.8. The lowest BCUT2D eigenvalue weighted by Crippen LogP contribution is -2.13. The highest BCUT2D eigenvalue weighted by Crippen LogP contribution is 2.31. The van der Waals surface area contributed by atoms with E-state index >= 15 is 0 Å². The van der Waals surface area contributed by atoms with E-state index in [1.165, 1.54) is 16.5 Å². The second-order valence-corrected chi connectivity index (χ2v) is 7.27. The second kappa shape index (κ2) is 4.53. The third-order valence-corrected chi connectivity index (χ3v) is 5.29. The molecule has 0 bridgehead atoms. The summed E-state index contributed by atoms with van der Waals surface area (Å²) in [6.45, 7) is 0. The summed E-state index contributed by atoms with van der Waals surface area (Å²) < 4.78 is 36.1. The van der Waals surface area contributed by atoms with Crippen molar-refractivity contribution < 1.29 is 13.0 Å². The van der Waals surface area contributed by atoms with E-state index in [9.17, 15) is 17.8 Å². The fraction of sp³-hybridized carbons (Fsp3) is 0. The normalized spacial score (nSPS) is 12.7. The molecular weight excluding hydrogens is 340 g/mol. The minimum atomic E-state index is -4.63. The fourth-order valence-electron chi connectivity index (χ4n) is 3.43. The molecule has 0 radical (unpaired) electrons. The number of rotatable bonds is 1. The van der Waals surface area contributed by atoms with Gasteiger partial charge in [0.1, 0.15) is 15.8 Å². The van der Waals surface area contributed by atoms with Crippen molar-refractivity contribution in [1.82, 2.24) is 9.38 Å². The number of nitrogens with zero attached hydrogens (tertiary/aromatic N) is 2. The van der Waals surface area contributed by atoms with Crippen LogP contribution in [-0.2, 0) is 10.1 Å². The minimum absolute atomic E-state index is 0.223. The van der Waals surface area contributed by atoms with Crippen LogP contribution in [-0.4, -0.2) is 22.4 Å². The lowest BCUT2D eigenvalue weighted by molar-refractivity contribution is 0.463. The van der Waals surface area contributed by atoms with Gasteiger partial charge in [-0.15, -0.1) is 0 Å². The molecule has 0 fully saturated rings. The zero-order valence-corrected chi connectivity index (χ0v) is 13.4. The summed E-state index contributed by atoms with van der Waals surface area (Å²) in [5.41, 5.74) is 1.39. The van der Waals surface area contributed by atoms with Crippen LogP contribution < -0.4 is 5.56 Å². The van der Waals surface area contributed by atoms with Gasteiger partial charge >= 0.3 is 0 Å². The highest BCUT2D eigenvalue weighted by molar-refractivity contribution is 7.85. The SMILES string of the molecule is O=c1c2cccc3cc(S(=O)(=O)[O-])cc(c32)c2nc3ccccc3n12. The monoisotopic (exact) mass is 349 g/mol. The fourth-order valence-corrected chi connectivity index (χ4v) is 3.97. The van der Waals surface area contributed by atoms with Crippen molar-refractivity contribution in [2.45, 2.75) is 4.90 Å². The summed E-state index contributed by atoms with van der Waals surface area (Å²) in [5, 5.41) is 2.06. The Morgan fingerprint density at radius 3 is 2.56 bits per heavy atom. The van der Waals surface area contributed by atoms with Crippen LogP contribution in [0, 0.1) is 0 Å². The molecule has 0 unspecified atom stereocenters. The van der Waals surface area contributed by atoms with E-state index in [2.05, 4.69) is 4.98 Å². The molecule has 0 aliphatic heterocycles. The third kappa shape index (κ3) is 1.84. The van der Waals surface area contributed by atoms with Crippen molar-refractivity contribution in [3.8, 4) is 0 Å². The summed E-state index contributed by atoms with van der Waals surface area (Å²) >= 11 is 0. The molecule has 122 valence electrons. The Balaban J connectivity index is 2.19. The molecule has 25 heavy (non-hydrogen) atoms. The topological polar surface area (TPSA) is 91.6 Å². The Bertz CT molecular complexity index is 1490. The number of hydrogen-bond acceptors (Lipinski definition) is 5. The van der Waals surface area contributed by atoms with Gasteiger partial charge in [0.25, 0.3) is 5.56 Å². The molecule has 6 nitrogen and oxygen atoms in total. The van der Waals surface area contributed by atoms with E-state index in [4.69, 9.17) is 0 Å². The van der Waals surface area contributed by atoms with Crippen molar-refractivity contribution in [3.05, 3.63) is 65.0 Å². The Labute approximate surface area is 141 Å². The number of imidazole rings is 1. The molecule has 5 rings (SSSR count). The van der Waals surface area contributed by atoms with Gasteiger partial charge in [-0.05, 0) is 35.7 Å². The van der Waals surface area contributed by atoms with Gasteiger partial charge in [0.15, 0.2) is 0 Å². The van der Waals surface area contributed by atoms with Gasteiger partial charge in [-0.3, -0.25) is 9.20 Å². The summed E-state index contributed by atoms with van der Waals surface area (Å²) in [6.07, 6.45) is 0. The third-order valence-electron chi connectivity index (χ3n) is 4.47. The highest BCUT2D eigenvalue weighted by atomic mass is 32.2. The molecule has 2 aromatic heterocycles. The van der Waals surface area contributed by atoms with Gasteiger partial charge in [-0.25, -0.2) is 13.4 Å². The van der Waals surface area contributed by atoms with Crippen LogP contribution in [0.15, 0.2) is 64.3 Å². The van der Waals surface area contributed by atoms with E-state index in [-0.39, 0.29) is 10.5 Å². The number of aromatic nitrogens is 2. The molecule has 0 atom stereocenters. The average molecular weight is 349 g/mol. The van der Waals surface area contributed by atoms with Crippen LogP contribution >= 0.6 is 0 Å². The molecule has 0 saturated carbocycles. The van der Waals surface area contributed by atoms with Crippen molar-refractivity contribution >= 4 is 48.3 Å². The van der Waals surface area contributed by atoms with E-state index < -0.39 is 10.1 Å². The summed E-state index contributed by atoms with van der Waals surface area (Å²) in [7, 11) is -4.63. The van der Waals surface area contributed by atoms with Crippen LogP contribution in [0.2, 0.25) is 0 Å². The van der Waals surface area contributed by atoms with Crippen molar-refractivity contribution in [1.29, 1.82) is 0 Å². The number of para-hydroxylation sites is 2. The lowest BCUT2D eigenvalue weighted by atomic mass is 10.0. The van der Waals surface area contributed by atoms with Crippen LogP contribution in [0.3, 0.4) is 0 Å². The summed E-state index contributed by atoms with van der Waals surface area (Å²) in [4.78, 5) is 17.2. The van der Waals surface area contributed by atoms with Crippen molar-refractivity contribution in [2.24, 2.45) is 0 Å². The lowest BCUT2D eigenvalue weighted by Gasteiger charge is -2.12. The van der Waals surface area contributed by atoms with Crippen molar-refractivity contribution in [3.63, 3.8) is 0 Å². The minimum Gasteiger partial charge on any atom is -0.744 e.